The highest BCUT2D eigenvalue weighted by Gasteiger charge is 2.35. The van der Waals surface area contributed by atoms with Gasteiger partial charge in [-0.2, -0.15) is 13.2 Å². The maximum Gasteiger partial charge on any atom is 0.451 e. The molecule has 0 saturated heterocycles. The smallest absolute Gasteiger partial charge is 0.370 e. The van der Waals surface area contributed by atoms with Crippen molar-refractivity contribution < 1.29 is 13.2 Å². The topological polar surface area (TPSA) is 37.8 Å². The first-order valence-corrected chi connectivity index (χ1v) is 6.18. The zero-order valence-corrected chi connectivity index (χ0v) is 10.4. The molecule has 1 aromatic heterocycles. The van der Waals surface area contributed by atoms with Crippen molar-refractivity contribution in [3.05, 3.63) is 17.0 Å². The van der Waals surface area contributed by atoms with Crippen molar-refractivity contribution in [2.24, 2.45) is 5.92 Å². The standard InChI is InChI=1S/C11H13ClF3N3/c12-8-6-9(16-5-1-2-7-3-4-7)18-10(17-8)11(13,14)15/h6-7H,1-5H2,(H,16,17,18). The SMILES string of the molecule is FC(F)(F)c1nc(Cl)cc(NCCCC2CC2)n1. The van der Waals surface area contributed by atoms with Crippen molar-refractivity contribution in [2.45, 2.75) is 31.9 Å². The molecule has 2 rings (SSSR count). The van der Waals surface area contributed by atoms with E-state index in [1.165, 1.54) is 18.9 Å². The van der Waals surface area contributed by atoms with Crippen molar-refractivity contribution in [3.63, 3.8) is 0 Å². The zero-order valence-electron chi connectivity index (χ0n) is 9.60. The summed E-state index contributed by atoms with van der Waals surface area (Å²) in [6.45, 7) is 0.598. The van der Waals surface area contributed by atoms with Gasteiger partial charge in [-0.25, -0.2) is 9.97 Å². The molecule has 0 amide bonds. The Hall–Kier alpha value is -1.04. The van der Waals surface area contributed by atoms with E-state index in [9.17, 15) is 13.2 Å². The van der Waals surface area contributed by atoms with E-state index in [4.69, 9.17) is 11.6 Å². The predicted molar refractivity (Wildman–Crippen MR) is 62.5 cm³/mol. The van der Waals surface area contributed by atoms with Crippen LogP contribution in [0.4, 0.5) is 19.0 Å². The van der Waals surface area contributed by atoms with Crippen LogP contribution >= 0.6 is 11.6 Å². The molecule has 0 bridgehead atoms. The zero-order chi connectivity index (χ0) is 13.2. The fourth-order valence-corrected chi connectivity index (χ4v) is 1.83. The van der Waals surface area contributed by atoms with Gasteiger partial charge < -0.3 is 5.32 Å². The Balaban J connectivity index is 1.92. The minimum absolute atomic E-state index is 0.123. The molecule has 1 aromatic rings. The van der Waals surface area contributed by atoms with Crippen molar-refractivity contribution in [3.8, 4) is 0 Å². The van der Waals surface area contributed by atoms with Crippen LogP contribution in [0.2, 0.25) is 5.15 Å². The lowest BCUT2D eigenvalue weighted by molar-refractivity contribution is -0.144. The average molecular weight is 280 g/mol. The Morgan fingerprint density at radius 3 is 2.67 bits per heavy atom. The first-order chi connectivity index (χ1) is 8.45. The Bertz CT molecular complexity index is 418. The van der Waals surface area contributed by atoms with Gasteiger partial charge in [-0.15, -0.1) is 0 Å². The Kier molecular flexibility index (Phi) is 3.94. The Morgan fingerprint density at radius 1 is 1.33 bits per heavy atom. The van der Waals surface area contributed by atoms with Gasteiger partial charge in [0.2, 0.25) is 5.82 Å². The summed E-state index contributed by atoms with van der Waals surface area (Å²) in [7, 11) is 0. The second-order valence-corrected chi connectivity index (χ2v) is 4.80. The second kappa shape index (κ2) is 5.30. The summed E-state index contributed by atoms with van der Waals surface area (Å²) >= 11 is 5.54. The lowest BCUT2D eigenvalue weighted by atomic mass is 10.2. The van der Waals surface area contributed by atoms with Gasteiger partial charge in [-0.05, 0) is 18.8 Å². The predicted octanol–water partition coefficient (Wildman–Crippen LogP) is 3.75. The van der Waals surface area contributed by atoms with Crippen LogP contribution in [0.15, 0.2) is 6.07 Å². The third kappa shape index (κ3) is 4.01. The van der Waals surface area contributed by atoms with Crippen molar-refractivity contribution >= 4 is 17.4 Å². The average Bonchev–Trinajstić information content (AvgIpc) is 3.06. The van der Waals surface area contributed by atoms with E-state index in [-0.39, 0.29) is 11.0 Å². The number of nitrogens with one attached hydrogen (secondary N) is 1. The molecule has 1 fully saturated rings. The van der Waals surface area contributed by atoms with Crippen LogP contribution in [0.5, 0.6) is 0 Å². The minimum atomic E-state index is -4.57. The van der Waals surface area contributed by atoms with E-state index in [0.29, 0.717) is 6.54 Å². The second-order valence-electron chi connectivity index (χ2n) is 4.41. The van der Waals surface area contributed by atoms with Gasteiger partial charge in [0, 0.05) is 12.6 Å². The van der Waals surface area contributed by atoms with Crippen LogP contribution in [0, 0.1) is 5.92 Å². The molecule has 1 aliphatic carbocycles. The summed E-state index contributed by atoms with van der Waals surface area (Å²) < 4.78 is 37.3. The van der Waals surface area contributed by atoms with E-state index < -0.39 is 12.0 Å². The first kappa shape index (κ1) is 13.4. The van der Waals surface area contributed by atoms with Gasteiger partial charge in [0.25, 0.3) is 0 Å². The summed E-state index contributed by atoms with van der Waals surface area (Å²) in [6, 6.07) is 1.30. The highest BCUT2D eigenvalue weighted by Crippen LogP contribution is 2.33. The van der Waals surface area contributed by atoms with E-state index in [1.807, 2.05) is 0 Å². The third-order valence-electron chi connectivity index (χ3n) is 2.74. The van der Waals surface area contributed by atoms with Gasteiger partial charge in [-0.1, -0.05) is 24.4 Å². The summed E-state index contributed by atoms with van der Waals surface area (Å²) in [5.74, 6) is -0.274. The minimum Gasteiger partial charge on any atom is -0.370 e. The molecular weight excluding hydrogens is 267 g/mol. The normalized spacial score (nSPS) is 15.8. The molecule has 0 atom stereocenters. The van der Waals surface area contributed by atoms with Gasteiger partial charge in [0.15, 0.2) is 0 Å². The lowest BCUT2D eigenvalue weighted by Gasteiger charge is -2.09. The number of rotatable bonds is 5. The highest BCUT2D eigenvalue weighted by atomic mass is 35.5. The molecule has 18 heavy (non-hydrogen) atoms. The number of aromatic nitrogens is 2. The Labute approximate surface area is 108 Å². The van der Waals surface area contributed by atoms with Gasteiger partial charge in [0.05, 0.1) is 0 Å². The molecule has 0 spiro atoms. The molecule has 1 saturated carbocycles. The number of nitrogens with zero attached hydrogens (tertiary/aromatic N) is 2. The molecule has 1 aliphatic rings. The van der Waals surface area contributed by atoms with Crippen molar-refractivity contribution in [2.75, 3.05) is 11.9 Å². The van der Waals surface area contributed by atoms with Crippen LogP contribution < -0.4 is 5.32 Å². The summed E-state index contributed by atoms with van der Waals surface area (Å²) in [4.78, 5) is 6.57. The van der Waals surface area contributed by atoms with Crippen LogP contribution in [0.3, 0.4) is 0 Å². The monoisotopic (exact) mass is 279 g/mol. The molecule has 1 heterocycles. The van der Waals surface area contributed by atoms with Crippen LogP contribution in [-0.2, 0) is 6.18 Å². The fourth-order valence-electron chi connectivity index (χ4n) is 1.65. The maximum atomic E-state index is 12.4. The molecule has 3 nitrogen and oxygen atoms in total. The highest BCUT2D eigenvalue weighted by molar-refractivity contribution is 6.29. The molecule has 0 aromatic carbocycles. The quantitative estimate of drug-likeness (QED) is 0.659. The molecule has 1 N–H and O–H groups in total. The Morgan fingerprint density at radius 2 is 2.06 bits per heavy atom. The van der Waals surface area contributed by atoms with Gasteiger partial charge in [0.1, 0.15) is 11.0 Å². The number of halogens is 4. The van der Waals surface area contributed by atoms with Gasteiger partial charge >= 0.3 is 6.18 Å². The molecule has 100 valence electrons. The largest absolute Gasteiger partial charge is 0.451 e. The summed E-state index contributed by atoms with van der Waals surface area (Å²) in [5.41, 5.74) is 0. The number of hydrogen-bond donors (Lipinski definition) is 1. The fraction of sp³-hybridized carbons (Fsp3) is 0.636. The van der Waals surface area contributed by atoms with E-state index in [1.54, 1.807) is 0 Å². The molecule has 0 aliphatic heterocycles. The van der Waals surface area contributed by atoms with E-state index >= 15 is 0 Å². The van der Waals surface area contributed by atoms with Crippen molar-refractivity contribution in [1.82, 2.24) is 9.97 Å². The number of hydrogen-bond acceptors (Lipinski definition) is 3. The molecule has 0 radical (unpaired) electrons. The first-order valence-electron chi connectivity index (χ1n) is 5.81. The van der Waals surface area contributed by atoms with E-state index in [0.717, 1.165) is 18.8 Å². The maximum absolute atomic E-state index is 12.4. The summed E-state index contributed by atoms with van der Waals surface area (Å²) in [6.07, 6.45) is 0.00996. The molecule has 7 heteroatoms. The number of alkyl halides is 3. The van der Waals surface area contributed by atoms with Crippen LogP contribution in [-0.4, -0.2) is 16.5 Å². The summed E-state index contributed by atoms with van der Waals surface area (Å²) in [5, 5.41) is 2.64. The molecule has 0 unspecified atom stereocenters. The van der Waals surface area contributed by atoms with E-state index in [2.05, 4.69) is 15.3 Å². The third-order valence-corrected chi connectivity index (χ3v) is 2.93. The van der Waals surface area contributed by atoms with Crippen LogP contribution in [0.25, 0.3) is 0 Å². The van der Waals surface area contributed by atoms with Gasteiger partial charge in [-0.3, -0.25) is 0 Å². The molecular formula is C11H13ClF3N3. The lowest BCUT2D eigenvalue weighted by Crippen LogP contribution is -2.13. The van der Waals surface area contributed by atoms with Crippen LogP contribution in [0.1, 0.15) is 31.5 Å². The number of anilines is 1. The van der Waals surface area contributed by atoms with Crippen molar-refractivity contribution in [1.29, 1.82) is 0 Å².